The molecule has 3 heterocycles. The minimum Gasteiger partial charge on any atom is -0.254 e. The Bertz CT molecular complexity index is 930. The van der Waals surface area contributed by atoms with Crippen molar-refractivity contribution in [3.63, 3.8) is 0 Å². The van der Waals surface area contributed by atoms with E-state index in [4.69, 9.17) is 4.98 Å². The third kappa shape index (κ3) is 1.92. The van der Waals surface area contributed by atoms with Crippen LogP contribution in [0.15, 0.2) is 58.5 Å². The highest BCUT2D eigenvalue weighted by Gasteiger charge is 2.07. The standard InChI is InChI=1S/C16H9BrN2S/c17-14-8-7-13(20-14)12-6-5-11-4-3-10-2-1-9-18-15(10)16(11)19-12/h1-9H. The van der Waals surface area contributed by atoms with E-state index in [2.05, 4.69) is 57.3 Å². The fraction of sp³-hybridized carbons (Fsp3) is 0. The Hall–Kier alpha value is -1.78. The minimum atomic E-state index is 0.961. The first-order valence-electron chi connectivity index (χ1n) is 6.21. The summed E-state index contributed by atoms with van der Waals surface area (Å²) in [7, 11) is 0. The SMILES string of the molecule is Brc1ccc(-c2ccc3ccc4cccnc4c3n2)s1. The zero-order chi connectivity index (χ0) is 13.5. The Morgan fingerprint density at radius 2 is 1.65 bits per heavy atom. The molecule has 96 valence electrons. The minimum absolute atomic E-state index is 0.961. The Morgan fingerprint density at radius 1 is 0.850 bits per heavy atom. The lowest BCUT2D eigenvalue weighted by Gasteiger charge is -2.04. The second-order valence-electron chi connectivity index (χ2n) is 4.51. The highest BCUT2D eigenvalue weighted by atomic mass is 79.9. The molecule has 0 saturated heterocycles. The third-order valence-electron chi connectivity index (χ3n) is 3.26. The molecule has 0 fully saturated rings. The number of benzene rings is 1. The maximum atomic E-state index is 4.81. The first kappa shape index (κ1) is 12.0. The summed E-state index contributed by atoms with van der Waals surface area (Å²) in [5, 5.41) is 2.24. The fourth-order valence-electron chi connectivity index (χ4n) is 2.31. The van der Waals surface area contributed by atoms with Crippen molar-refractivity contribution >= 4 is 49.1 Å². The predicted molar refractivity (Wildman–Crippen MR) is 88.1 cm³/mol. The Labute approximate surface area is 128 Å². The summed E-state index contributed by atoms with van der Waals surface area (Å²) in [6.45, 7) is 0. The van der Waals surface area contributed by atoms with E-state index in [1.807, 2.05) is 18.3 Å². The molecule has 0 spiro atoms. The van der Waals surface area contributed by atoms with Crippen LogP contribution < -0.4 is 0 Å². The topological polar surface area (TPSA) is 25.8 Å². The molecule has 4 rings (SSSR count). The molecule has 20 heavy (non-hydrogen) atoms. The lowest BCUT2D eigenvalue weighted by atomic mass is 10.1. The molecule has 0 aliphatic rings. The van der Waals surface area contributed by atoms with Gasteiger partial charge in [0.2, 0.25) is 0 Å². The van der Waals surface area contributed by atoms with E-state index in [1.165, 1.54) is 0 Å². The molecule has 0 unspecified atom stereocenters. The number of halogens is 1. The van der Waals surface area contributed by atoms with Gasteiger partial charge in [-0.2, -0.15) is 0 Å². The monoisotopic (exact) mass is 340 g/mol. The molecule has 2 nitrogen and oxygen atoms in total. The molecule has 0 atom stereocenters. The van der Waals surface area contributed by atoms with Crippen LogP contribution in [-0.2, 0) is 0 Å². The lowest BCUT2D eigenvalue weighted by Crippen LogP contribution is -1.87. The molecule has 0 amide bonds. The molecule has 1 aromatic carbocycles. The Kier molecular flexibility index (Phi) is 2.79. The van der Waals surface area contributed by atoms with Crippen molar-refractivity contribution in [1.29, 1.82) is 0 Å². The van der Waals surface area contributed by atoms with Crippen LogP contribution >= 0.6 is 27.3 Å². The van der Waals surface area contributed by atoms with E-state index in [1.54, 1.807) is 11.3 Å². The third-order valence-corrected chi connectivity index (χ3v) is 4.90. The van der Waals surface area contributed by atoms with Crippen LogP contribution in [0.25, 0.3) is 32.4 Å². The van der Waals surface area contributed by atoms with E-state index in [9.17, 15) is 0 Å². The molecule has 0 saturated carbocycles. The molecule has 0 N–H and O–H groups in total. The van der Waals surface area contributed by atoms with E-state index in [0.29, 0.717) is 0 Å². The van der Waals surface area contributed by atoms with Gasteiger partial charge in [0.15, 0.2) is 0 Å². The number of rotatable bonds is 1. The lowest BCUT2D eigenvalue weighted by molar-refractivity contribution is 1.38. The molecule has 0 bridgehead atoms. The first-order chi connectivity index (χ1) is 9.81. The van der Waals surface area contributed by atoms with Crippen molar-refractivity contribution < 1.29 is 0 Å². The van der Waals surface area contributed by atoms with Gasteiger partial charge in [-0.05, 0) is 40.2 Å². The summed E-state index contributed by atoms with van der Waals surface area (Å²) in [5.41, 5.74) is 2.92. The summed E-state index contributed by atoms with van der Waals surface area (Å²) in [6, 6.07) is 16.5. The maximum absolute atomic E-state index is 4.81. The van der Waals surface area contributed by atoms with Gasteiger partial charge >= 0.3 is 0 Å². The number of pyridine rings is 2. The van der Waals surface area contributed by atoms with Gasteiger partial charge in [-0.1, -0.05) is 24.3 Å². The van der Waals surface area contributed by atoms with Crippen molar-refractivity contribution in [1.82, 2.24) is 9.97 Å². The van der Waals surface area contributed by atoms with Crippen molar-refractivity contribution in [2.75, 3.05) is 0 Å². The van der Waals surface area contributed by atoms with Crippen LogP contribution in [0.1, 0.15) is 0 Å². The van der Waals surface area contributed by atoms with Gasteiger partial charge in [0.05, 0.1) is 25.4 Å². The van der Waals surface area contributed by atoms with Crippen LogP contribution in [-0.4, -0.2) is 9.97 Å². The van der Waals surface area contributed by atoms with E-state index < -0.39 is 0 Å². The number of fused-ring (bicyclic) bond motifs is 3. The molecular weight excluding hydrogens is 332 g/mol. The highest BCUT2D eigenvalue weighted by molar-refractivity contribution is 9.11. The van der Waals surface area contributed by atoms with Gasteiger partial charge in [-0.25, -0.2) is 4.98 Å². The van der Waals surface area contributed by atoms with E-state index in [-0.39, 0.29) is 0 Å². The molecular formula is C16H9BrN2S. The number of nitrogens with zero attached hydrogens (tertiary/aromatic N) is 2. The zero-order valence-corrected chi connectivity index (χ0v) is 12.8. The van der Waals surface area contributed by atoms with Crippen LogP contribution in [0.2, 0.25) is 0 Å². The second kappa shape index (κ2) is 4.65. The number of hydrogen-bond donors (Lipinski definition) is 0. The molecule has 4 aromatic rings. The predicted octanol–water partition coefficient (Wildman–Crippen LogP) is 5.27. The number of hydrogen-bond acceptors (Lipinski definition) is 3. The highest BCUT2D eigenvalue weighted by Crippen LogP contribution is 2.32. The largest absolute Gasteiger partial charge is 0.254 e. The maximum Gasteiger partial charge on any atom is 0.0972 e. The van der Waals surface area contributed by atoms with Crippen LogP contribution in [0.5, 0.6) is 0 Å². The van der Waals surface area contributed by atoms with Crippen molar-refractivity contribution in [2.24, 2.45) is 0 Å². The summed E-state index contributed by atoms with van der Waals surface area (Å²) in [4.78, 5) is 10.5. The fourth-order valence-corrected chi connectivity index (χ4v) is 3.67. The van der Waals surface area contributed by atoms with Crippen LogP contribution in [0.3, 0.4) is 0 Å². The Balaban J connectivity index is 2.04. The van der Waals surface area contributed by atoms with Crippen molar-refractivity contribution in [3.8, 4) is 10.6 Å². The molecule has 0 aliphatic carbocycles. The van der Waals surface area contributed by atoms with E-state index in [0.717, 1.165) is 36.2 Å². The van der Waals surface area contributed by atoms with Crippen LogP contribution in [0.4, 0.5) is 0 Å². The number of aromatic nitrogens is 2. The van der Waals surface area contributed by atoms with Gasteiger partial charge < -0.3 is 0 Å². The van der Waals surface area contributed by atoms with Crippen molar-refractivity contribution in [2.45, 2.75) is 0 Å². The summed E-state index contributed by atoms with van der Waals surface area (Å²) in [6.07, 6.45) is 1.82. The van der Waals surface area contributed by atoms with Crippen LogP contribution in [0, 0.1) is 0 Å². The summed E-state index contributed by atoms with van der Waals surface area (Å²) in [5.74, 6) is 0. The Morgan fingerprint density at radius 3 is 2.45 bits per heavy atom. The smallest absolute Gasteiger partial charge is 0.0972 e. The normalized spacial score (nSPS) is 11.2. The molecule has 0 aliphatic heterocycles. The van der Waals surface area contributed by atoms with Gasteiger partial charge in [0, 0.05) is 17.0 Å². The van der Waals surface area contributed by atoms with Gasteiger partial charge in [0.25, 0.3) is 0 Å². The second-order valence-corrected chi connectivity index (χ2v) is 6.98. The first-order valence-corrected chi connectivity index (χ1v) is 7.82. The van der Waals surface area contributed by atoms with Gasteiger partial charge in [-0.15, -0.1) is 11.3 Å². The van der Waals surface area contributed by atoms with Gasteiger partial charge in [0.1, 0.15) is 0 Å². The van der Waals surface area contributed by atoms with Gasteiger partial charge in [-0.3, -0.25) is 4.98 Å². The summed E-state index contributed by atoms with van der Waals surface area (Å²) >= 11 is 5.19. The van der Waals surface area contributed by atoms with E-state index >= 15 is 0 Å². The van der Waals surface area contributed by atoms with Crippen molar-refractivity contribution in [3.05, 3.63) is 58.5 Å². The number of thiophene rings is 1. The summed E-state index contributed by atoms with van der Waals surface area (Å²) < 4.78 is 1.12. The zero-order valence-electron chi connectivity index (χ0n) is 10.4. The quantitative estimate of drug-likeness (QED) is 0.441. The molecule has 0 radical (unpaired) electrons. The molecule has 4 heteroatoms. The average Bonchev–Trinajstić information content (AvgIpc) is 2.93. The molecule has 3 aromatic heterocycles. The average molecular weight is 341 g/mol.